The molecule has 5 heteroatoms. The minimum atomic E-state index is -0.461. The van der Waals surface area contributed by atoms with Gasteiger partial charge >= 0.3 is 11.9 Å². The van der Waals surface area contributed by atoms with Crippen LogP contribution >= 0.6 is 11.6 Å². The maximum Gasteiger partial charge on any atom is 0.338 e. The molecule has 0 spiro atoms. The third-order valence-electron chi connectivity index (χ3n) is 1.85. The highest BCUT2D eigenvalue weighted by Gasteiger charge is 2.09. The average molecular weight is 243 g/mol. The number of methoxy groups -OCH3 is 1. The summed E-state index contributed by atoms with van der Waals surface area (Å²) >= 11 is 5.38. The van der Waals surface area contributed by atoms with Crippen molar-refractivity contribution in [3.8, 4) is 0 Å². The van der Waals surface area contributed by atoms with Crippen molar-refractivity contribution in [1.29, 1.82) is 0 Å². The van der Waals surface area contributed by atoms with Crippen molar-refractivity contribution in [1.82, 2.24) is 0 Å². The molecule has 16 heavy (non-hydrogen) atoms. The summed E-state index contributed by atoms with van der Waals surface area (Å²) in [6, 6.07) is 6.01. The Morgan fingerprint density at radius 3 is 2.06 bits per heavy atom. The van der Waals surface area contributed by atoms with Crippen LogP contribution < -0.4 is 0 Å². The SMILES string of the molecule is COC(=O)c1ccc(C(=O)OCCCl)cc1. The van der Waals surface area contributed by atoms with Crippen molar-refractivity contribution >= 4 is 23.5 Å². The Morgan fingerprint density at radius 1 is 1.12 bits per heavy atom. The minimum absolute atomic E-state index is 0.166. The molecule has 1 aromatic rings. The normalized spacial score (nSPS) is 9.62. The third-order valence-corrected chi connectivity index (χ3v) is 2.01. The van der Waals surface area contributed by atoms with Crippen molar-refractivity contribution in [2.75, 3.05) is 19.6 Å². The van der Waals surface area contributed by atoms with Crippen molar-refractivity contribution in [3.05, 3.63) is 35.4 Å². The number of carbonyl (C=O) groups is 2. The largest absolute Gasteiger partial charge is 0.465 e. The Balaban J connectivity index is 2.71. The lowest BCUT2D eigenvalue weighted by Gasteiger charge is -2.03. The first-order valence-electron chi connectivity index (χ1n) is 4.60. The molecule has 0 fully saturated rings. The van der Waals surface area contributed by atoms with Crippen LogP contribution in [0.4, 0.5) is 0 Å². The van der Waals surface area contributed by atoms with E-state index in [-0.39, 0.29) is 12.5 Å². The summed E-state index contributed by atoms with van der Waals surface area (Å²) in [6.45, 7) is 0.166. The average Bonchev–Trinajstić information content (AvgIpc) is 2.35. The van der Waals surface area contributed by atoms with Gasteiger partial charge in [-0.1, -0.05) is 0 Å². The second-order valence-electron chi connectivity index (χ2n) is 2.89. The summed E-state index contributed by atoms with van der Waals surface area (Å²) in [7, 11) is 1.30. The number of esters is 2. The van der Waals surface area contributed by atoms with Crippen LogP contribution in [0.3, 0.4) is 0 Å². The quantitative estimate of drug-likeness (QED) is 0.598. The lowest BCUT2D eigenvalue weighted by atomic mass is 10.1. The van der Waals surface area contributed by atoms with E-state index >= 15 is 0 Å². The van der Waals surface area contributed by atoms with Crippen molar-refractivity contribution in [2.45, 2.75) is 0 Å². The number of alkyl halides is 1. The van der Waals surface area contributed by atoms with Crippen molar-refractivity contribution < 1.29 is 19.1 Å². The number of carbonyl (C=O) groups excluding carboxylic acids is 2. The molecule has 1 rings (SSSR count). The van der Waals surface area contributed by atoms with E-state index in [9.17, 15) is 9.59 Å². The zero-order chi connectivity index (χ0) is 12.0. The molecule has 0 atom stereocenters. The van der Waals surface area contributed by atoms with Crippen LogP contribution in [0.5, 0.6) is 0 Å². The maximum atomic E-state index is 11.4. The Bertz CT molecular complexity index is 372. The molecule has 0 amide bonds. The highest BCUT2D eigenvalue weighted by atomic mass is 35.5. The van der Waals surface area contributed by atoms with E-state index in [2.05, 4.69) is 4.74 Å². The number of benzene rings is 1. The van der Waals surface area contributed by atoms with Gasteiger partial charge < -0.3 is 9.47 Å². The molecule has 86 valence electrons. The number of ether oxygens (including phenoxy) is 2. The molecule has 0 unspecified atom stereocenters. The molecular weight excluding hydrogens is 232 g/mol. The Kier molecular flexibility index (Phi) is 4.79. The fourth-order valence-electron chi connectivity index (χ4n) is 1.07. The summed E-state index contributed by atoms with van der Waals surface area (Å²) in [5.74, 6) is -0.649. The molecule has 0 aromatic heterocycles. The number of halogens is 1. The predicted molar refractivity (Wildman–Crippen MR) is 58.8 cm³/mol. The van der Waals surface area contributed by atoms with Gasteiger partial charge in [0.05, 0.1) is 24.1 Å². The van der Waals surface area contributed by atoms with E-state index in [1.165, 1.54) is 31.4 Å². The molecule has 0 heterocycles. The van der Waals surface area contributed by atoms with E-state index in [1.807, 2.05) is 0 Å². The van der Waals surface area contributed by atoms with Gasteiger partial charge in [-0.2, -0.15) is 0 Å². The van der Waals surface area contributed by atoms with Gasteiger partial charge in [-0.05, 0) is 24.3 Å². The third kappa shape index (κ3) is 3.24. The van der Waals surface area contributed by atoms with Gasteiger partial charge in [0.2, 0.25) is 0 Å². The van der Waals surface area contributed by atoms with Crippen LogP contribution in [0.15, 0.2) is 24.3 Å². The first kappa shape index (κ1) is 12.5. The fourth-order valence-corrected chi connectivity index (χ4v) is 1.15. The topological polar surface area (TPSA) is 52.6 Å². The number of hydrogen-bond acceptors (Lipinski definition) is 4. The van der Waals surface area contributed by atoms with E-state index in [0.717, 1.165) is 0 Å². The van der Waals surface area contributed by atoms with E-state index in [0.29, 0.717) is 11.1 Å². The summed E-state index contributed by atoms with van der Waals surface area (Å²) in [4.78, 5) is 22.5. The first-order valence-corrected chi connectivity index (χ1v) is 5.14. The highest BCUT2D eigenvalue weighted by Crippen LogP contribution is 2.07. The summed E-state index contributed by atoms with van der Waals surface area (Å²) in [6.07, 6.45) is 0. The molecule has 0 saturated heterocycles. The van der Waals surface area contributed by atoms with Crippen LogP contribution in [0.25, 0.3) is 0 Å². The van der Waals surface area contributed by atoms with Gasteiger partial charge in [0, 0.05) is 0 Å². The van der Waals surface area contributed by atoms with Crippen LogP contribution in [-0.2, 0) is 9.47 Å². The van der Waals surface area contributed by atoms with Gasteiger partial charge in [0.15, 0.2) is 0 Å². The predicted octanol–water partition coefficient (Wildman–Crippen LogP) is 1.87. The second kappa shape index (κ2) is 6.12. The standard InChI is InChI=1S/C11H11ClO4/c1-15-10(13)8-2-4-9(5-3-8)11(14)16-7-6-12/h2-5H,6-7H2,1H3. The second-order valence-corrected chi connectivity index (χ2v) is 3.27. The van der Waals surface area contributed by atoms with Gasteiger partial charge in [0.1, 0.15) is 6.61 Å². The van der Waals surface area contributed by atoms with Gasteiger partial charge in [-0.15, -0.1) is 11.6 Å². The Morgan fingerprint density at radius 2 is 1.62 bits per heavy atom. The van der Waals surface area contributed by atoms with Crippen LogP contribution in [0.1, 0.15) is 20.7 Å². The molecule has 0 aliphatic rings. The van der Waals surface area contributed by atoms with Crippen LogP contribution in [-0.4, -0.2) is 31.5 Å². The summed E-state index contributed by atoms with van der Waals surface area (Å²) in [5, 5.41) is 0. The minimum Gasteiger partial charge on any atom is -0.465 e. The summed E-state index contributed by atoms with van der Waals surface area (Å²) < 4.78 is 9.35. The monoisotopic (exact) mass is 242 g/mol. The highest BCUT2D eigenvalue weighted by molar-refractivity contribution is 6.18. The van der Waals surface area contributed by atoms with Crippen molar-refractivity contribution in [3.63, 3.8) is 0 Å². The van der Waals surface area contributed by atoms with E-state index < -0.39 is 11.9 Å². The maximum absolute atomic E-state index is 11.4. The van der Waals surface area contributed by atoms with Gasteiger partial charge in [-0.25, -0.2) is 9.59 Å². The van der Waals surface area contributed by atoms with Crippen molar-refractivity contribution in [2.24, 2.45) is 0 Å². The molecule has 0 N–H and O–H groups in total. The summed E-state index contributed by atoms with van der Waals surface area (Å²) in [5.41, 5.74) is 0.758. The first-order chi connectivity index (χ1) is 7.69. The molecular formula is C11H11ClO4. The smallest absolute Gasteiger partial charge is 0.338 e. The lowest BCUT2D eigenvalue weighted by molar-refractivity contribution is 0.0526. The molecule has 0 bridgehead atoms. The molecule has 1 aromatic carbocycles. The zero-order valence-corrected chi connectivity index (χ0v) is 9.49. The molecule has 4 nitrogen and oxygen atoms in total. The van der Waals surface area contributed by atoms with E-state index in [1.54, 1.807) is 0 Å². The molecule has 0 saturated carbocycles. The van der Waals surface area contributed by atoms with Crippen LogP contribution in [0, 0.1) is 0 Å². The van der Waals surface area contributed by atoms with E-state index in [4.69, 9.17) is 16.3 Å². The molecule has 0 radical (unpaired) electrons. The van der Waals surface area contributed by atoms with Crippen LogP contribution in [0.2, 0.25) is 0 Å². The van der Waals surface area contributed by atoms with Gasteiger partial charge in [0.25, 0.3) is 0 Å². The molecule has 0 aliphatic heterocycles. The molecule has 0 aliphatic carbocycles. The zero-order valence-electron chi connectivity index (χ0n) is 8.73. The number of rotatable bonds is 4. The Labute approximate surface area is 98.1 Å². The number of hydrogen-bond donors (Lipinski definition) is 0. The van der Waals surface area contributed by atoms with Gasteiger partial charge in [-0.3, -0.25) is 0 Å². The fraction of sp³-hybridized carbons (Fsp3) is 0.273. The lowest BCUT2D eigenvalue weighted by Crippen LogP contribution is -2.08. The Hall–Kier alpha value is -1.55.